The van der Waals surface area contributed by atoms with E-state index in [4.69, 9.17) is 50.2 Å². The van der Waals surface area contributed by atoms with Crippen LogP contribution in [0.1, 0.15) is 78.3 Å². The van der Waals surface area contributed by atoms with Crippen molar-refractivity contribution in [1.82, 2.24) is 39.2 Å². The molecule has 4 aromatic heterocycles. The van der Waals surface area contributed by atoms with Crippen molar-refractivity contribution < 1.29 is 47.8 Å². The first kappa shape index (κ1) is 68.2. The highest BCUT2D eigenvalue weighted by molar-refractivity contribution is 6.35. The van der Waals surface area contributed by atoms with Crippen LogP contribution in [0.25, 0.3) is 44.3 Å². The number of nitrogens with zero attached hydrogens (tertiary/aromatic N) is 10. The molecule has 0 atom stereocenters. The molecule has 486 valence electrons. The lowest BCUT2D eigenvalue weighted by molar-refractivity contribution is -0.114. The molecule has 1 saturated carbocycles. The molecule has 1 fully saturated rings. The van der Waals surface area contributed by atoms with E-state index in [0.717, 1.165) is 65.7 Å². The molecule has 0 saturated heterocycles. The van der Waals surface area contributed by atoms with Crippen LogP contribution in [0.5, 0.6) is 11.5 Å². The summed E-state index contributed by atoms with van der Waals surface area (Å²) in [5, 5.41) is 11.5. The summed E-state index contributed by atoms with van der Waals surface area (Å²) >= 11 is 6.53. The second-order valence-corrected chi connectivity index (χ2v) is 23.5. The van der Waals surface area contributed by atoms with Gasteiger partial charge >= 0.3 is 11.9 Å². The Morgan fingerprint density at radius 3 is 1.61 bits per heavy atom. The maximum absolute atomic E-state index is 13.4. The third-order valence-electron chi connectivity index (χ3n) is 15.0. The second kappa shape index (κ2) is 30.4. The van der Waals surface area contributed by atoms with Crippen molar-refractivity contribution in [2.75, 3.05) is 123 Å². The van der Waals surface area contributed by atoms with Crippen molar-refractivity contribution >= 4 is 97.4 Å². The van der Waals surface area contributed by atoms with Gasteiger partial charge in [-0.2, -0.15) is 9.46 Å². The van der Waals surface area contributed by atoms with E-state index in [2.05, 4.69) is 59.8 Å². The lowest BCUT2D eigenvalue weighted by Crippen LogP contribution is -2.29. The predicted octanol–water partition coefficient (Wildman–Crippen LogP) is 10.9. The minimum atomic E-state index is -0.570. The number of benzene rings is 4. The van der Waals surface area contributed by atoms with Gasteiger partial charge < -0.3 is 64.2 Å². The first-order chi connectivity index (χ1) is 44.0. The average molecular weight is 1280 g/mol. The van der Waals surface area contributed by atoms with Crippen LogP contribution in [-0.2, 0) is 25.5 Å². The van der Waals surface area contributed by atoms with Gasteiger partial charge in [-0.1, -0.05) is 55.1 Å². The summed E-state index contributed by atoms with van der Waals surface area (Å²) in [5.74, 6) is 0.333. The lowest BCUT2D eigenvalue weighted by atomic mass is 10.0. The monoisotopic (exact) mass is 1280 g/mol. The lowest BCUT2D eigenvalue weighted by Gasteiger charge is -2.26. The summed E-state index contributed by atoms with van der Waals surface area (Å²) in [5.41, 5.74) is 9.17. The fourth-order valence-electron chi connectivity index (χ4n) is 10.3. The summed E-state index contributed by atoms with van der Waals surface area (Å²) in [6.07, 6.45) is 10.7. The molecule has 1 aliphatic rings. The van der Waals surface area contributed by atoms with E-state index >= 15 is 0 Å². The van der Waals surface area contributed by atoms with Crippen molar-refractivity contribution in [1.29, 1.82) is 0 Å². The molecule has 92 heavy (non-hydrogen) atoms. The summed E-state index contributed by atoms with van der Waals surface area (Å²) in [4.78, 5) is 89.7. The van der Waals surface area contributed by atoms with Gasteiger partial charge in [-0.15, -0.1) is 0 Å². The predicted molar refractivity (Wildman–Crippen MR) is 363 cm³/mol. The summed E-state index contributed by atoms with van der Waals surface area (Å²) in [6, 6.07) is 18.9. The zero-order valence-corrected chi connectivity index (χ0v) is 55.5. The Morgan fingerprint density at radius 2 is 1.13 bits per heavy atom. The standard InChI is InChI=1S/C35H43N7O5.C33H39ClN6O5/c1-9-31(43)37-27-17-28(30(45-7)18-29(27)41(6)16-15-40(4)5)38-35-36-19-25(34(44)47-21(2)3)32(39-35)26-20-42(46-8)33-23(22-13-14-22)11-10-12-24(26)33;1-9-22(41)15-21-16-27(29(43-7)17-28(21)39(6)14-13-38(4)5)36-33-35-18-24(32(42)45-20(2)3)30(37-33)25-19-40(44-8)31-23(25)11-10-12-26(31)34/h9-12,17-22H,1,13-16H2,2-8H3,(H,37,43)(H,36,38,39);9-12,16-20H,1,13-15H2,2-8H3,(H,35,36,37). The highest BCUT2D eigenvalue weighted by Crippen LogP contribution is 2.46. The Labute approximate surface area is 541 Å². The van der Waals surface area contributed by atoms with E-state index in [0.29, 0.717) is 74.1 Å². The van der Waals surface area contributed by atoms with E-state index in [-0.39, 0.29) is 53.3 Å². The van der Waals surface area contributed by atoms with E-state index in [1.807, 2.05) is 95.8 Å². The number of ketones is 1. The minimum absolute atomic E-state index is 0.117. The summed E-state index contributed by atoms with van der Waals surface area (Å²) < 4.78 is 25.9. The molecule has 8 aromatic rings. The van der Waals surface area contributed by atoms with Gasteiger partial charge in [-0.05, 0) is 116 Å². The fourth-order valence-corrected chi connectivity index (χ4v) is 10.5. The van der Waals surface area contributed by atoms with Crippen LogP contribution in [0, 0.1) is 0 Å². The molecule has 4 heterocycles. The minimum Gasteiger partial charge on any atom is -0.494 e. The number of aromatic nitrogens is 6. The van der Waals surface area contributed by atoms with Gasteiger partial charge in [0.1, 0.15) is 42.4 Å². The highest BCUT2D eigenvalue weighted by atomic mass is 35.5. The number of rotatable bonds is 28. The van der Waals surface area contributed by atoms with Gasteiger partial charge in [0.2, 0.25) is 17.8 Å². The molecule has 1 amide bonds. The molecule has 24 heteroatoms. The Morgan fingerprint density at radius 1 is 0.641 bits per heavy atom. The molecule has 0 bridgehead atoms. The van der Waals surface area contributed by atoms with Gasteiger partial charge in [0, 0.05) is 98.8 Å². The van der Waals surface area contributed by atoms with Gasteiger partial charge in [-0.25, -0.2) is 29.5 Å². The molecule has 3 N–H and O–H groups in total. The number of nitrogens with one attached hydrogen (secondary N) is 3. The number of hydrogen-bond acceptors (Lipinski definition) is 20. The SMILES string of the molecule is C=CC(=O)Cc1cc(Nc2ncc(C(=O)OC(C)C)c(-c3cn(OC)c4c(Cl)cccc34)n2)c(OC)cc1N(C)CCN(C)C.C=CC(=O)Nc1cc(Nc2ncc(C(=O)OC(C)C)c(-c3cn(OC)c4c(C5CC5)cccc34)n2)c(OC)cc1N(C)CCN(C)C. The van der Waals surface area contributed by atoms with Crippen molar-refractivity contribution in [3.05, 3.63) is 138 Å². The van der Waals surface area contributed by atoms with Crippen LogP contribution in [0.2, 0.25) is 5.02 Å². The number of carbonyl (C=O) groups is 4. The third kappa shape index (κ3) is 16.1. The van der Waals surface area contributed by atoms with Crippen LogP contribution in [-0.4, -0.2) is 172 Å². The normalized spacial score (nSPS) is 11.9. The van der Waals surface area contributed by atoms with Crippen molar-refractivity contribution in [3.63, 3.8) is 0 Å². The Kier molecular flexibility index (Phi) is 22.5. The van der Waals surface area contributed by atoms with Gasteiger partial charge in [0.05, 0.1) is 83.5 Å². The quantitative estimate of drug-likeness (QED) is 0.0305. The maximum atomic E-state index is 13.4. The highest BCUT2D eigenvalue weighted by Gasteiger charge is 2.31. The van der Waals surface area contributed by atoms with E-state index in [1.54, 1.807) is 72.1 Å². The molecular formula is C68H82ClN13O10. The number of methoxy groups -OCH3 is 2. The fraction of sp³-hybridized carbons (Fsp3) is 0.353. The number of hydrogen-bond donors (Lipinski definition) is 3. The van der Waals surface area contributed by atoms with Crippen LogP contribution in [0.3, 0.4) is 0 Å². The van der Waals surface area contributed by atoms with Crippen molar-refractivity contribution in [2.24, 2.45) is 0 Å². The number of halogens is 1. The topological polar surface area (TPSA) is 234 Å². The molecule has 0 unspecified atom stereocenters. The van der Waals surface area contributed by atoms with Crippen LogP contribution >= 0.6 is 11.6 Å². The Balaban J connectivity index is 0.000000237. The van der Waals surface area contributed by atoms with Crippen molar-refractivity contribution in [2.45, 2.75) is 65.1 Å². The molecule has 9 rings (SSSR count). The number of esters is 2. The zero-order chi connectivity index (χ0) is 66.7. The third-order valence-corrected chi connectivity index (χ3v) is 15.3. The van der Waals surface area contributed by atoms with Crippen LogP contribution in [0.4, 0.5) is 40.3 Å². The maximum Gasteiger partial charge on any atom is 0.342 e. The molecule has 0 aliphatic heterocycles. The van der Waals surface area contributed by atoms with Gasteiger partial charge in [-0.3, -0.25) is 9.59 Å². The van der Waals surface area contributed by atoms with Gasteiger partial charge in [0.25, 0.3) is 0 Å². The Bertz CT molecular complexity index is 4030. The van der Waals surface area contributed by atoms with Crippen LogP contribution < -0.4 is 44.9 Å². The number of para-hydroxylation sites is 2. The first-order valence-corrected chi connectivity index (χ1v) is 30.4. The molecule has 4 aromatic carbocycles. The summed E-state index contributed by atoms with van der Waals surface area (Å²) in [6.45, 7) is 17.4. The Hall–Kier alpha value is -9.71. The number of carbonyl (C=O) groups excluding carboxylic acids is 4. The first-order valence-electron chi connectivity index (χ1n) is 30.0. The van der Waals surface area contributed by atoms with Crippen molar-refractivity contribution in [3.8, 4) is 34.0 Å². The number of amides is 1. The number of anilines is 7. The summed E-state index contributed by atoms with van der Waals surface area (Å²) in [7, 11) is 18.2. The number of ether oxygens (including phenoxy) is 4. The van der Waals surface area contributed by atoms with Crippen LogP contribution in [0.15, 0.2) is 111 Å². The largest absolute Gasteiger partial charge is 0.494 e. The number of allylic oxidation sites excluding steroid dienone is 1. The van der Waals surface area contributed by atoms with E-state index in [9.17, 15) is 19.2 Å². The average Bonchev–Trinajstić information content (AvgIpc) is 1.58. The van der Waals surface area contributed by atoms with Gasteiger partial charge in [0.15, 0.2) is 5.78 Å². The van der Waals surface area contributed by atoms with E-state index in [1.165, 1.54) is 41.9 Å². The molecule has 0 spiro atoms. The molecule has 1 aliphatic carbocycles. The van der Waals surface area contributed by atoms with E-state index < -0.39 is 11.9 Å². The molecule has 23 nitrogen and oxygen atoms in total. The number of likely N-dealkylation sites (N-methyl/N-ethyl adjacent to an activating group) is 4. The molecule has 0 radical (unpaired) electrons. The zero-order valence-electron chi connectivity index (χ0n) is 54.8. The number of fused-ring (bicyclic) bond motifs is 2. The molecular weight excluding hydrogens is 1190 g/mol. The smallest absolute Gasteiger partial charge is 0.342 e. The second-order valence-electron chi connectivity index (χ2n) is 23.1.